The molecule has 1 aliphatic rings. The molecule has 2 N–H and O–H groups in total. The van der Waals surface area contributed by atoms with Crippen LogP contribution in [0.2, 0.25) is 0 Å². The Hall–Kier alpha value is -0.890. The minimum atomic E-state index is 0.435. The van der Waals surface area contributed by atoms with E-state index in [9.17, 15) is 0 Å². The highest BCUT2D eigenvalue weighted by atomic mass is 14.7. The molecule has 0 bridgehead atoms. The summed E-state index contributed by atoms with van der Waals surface area (Å²) in [5.41, 5.74) is 8.37. The molecular formula is C12H18N2. The third-order valence-electron chi connectivity index (χ3n) is 3.18. The average Bonchev–Trinajstić information content (AvgIpc) is 2.21. The van der Waals surface area contributed by atoms with Crippen molar-refractivity contribution >= 4 is 0 Å². The molecule has 0 unspecified atom stereocenters. The van der Waals surface area contributed by atoms with Gasteiger partial charge in [0.25, 0.3) is 0 Å². The highest BCUT2D eigenvalue weighted by Gasteiger charge is 2.19. The van der Waals surface area contributed by atoms with Crippen LogP contribution in [0.1, 0.15) is 42.9 Å². The molecule has 1 aromatic heterocycles. The van der Waals surface area contributed by atoms with Crippen molar-refractivity contribution in [2.24, 2.45) is 5.73 Å². The molecule has 1 heterocycles. The van der Waals surface area contributed by atoms with Gasteiger partial charge in [0.1, 0.15) is 0 Å². The van der Waals surface area contributed by atoms with Crippen LogP contribution in [-0.2, 0) is 0 Å². The third-order valence-corrected chi connectivity index (χ3v) is 3.18. The van der Waals surface area contributed by atoms with Crippen molar-refractivity contribution in [2.45, 2.75) is 44.6 Å². The largest absolute Gasteiger partial charge is 0.328 e. The highest BCUT2D eigenvalue weighted by Crippen LogP contribution is 2.31. The van der Waals surface area contributed by atoms with Crippen molar-refractivity contribution in [2.75, 3.05) is 0 Å². The van der Waals surface area contributed by atoms with E-state index in [0.717, 1.165) is 5.69 Å². The topological polar surface area (TPSA) is 38.9 Å². The predicted octanol–water partition coefficient (Wildman–Crippen LogP) is 2.37. The lowest BCUT2D eigenvalue weighted by atomic mass is 9.82. The van der Waals surface area contributed by atoms with E-state index in [1.165, 1.54) is 31.2 Å². The van der Waals surface area contributed by atoms with Crippen LogP contribution >= 0.6 is 0 Å². The molecule has 1 aliphatic carbocycles. The SMILES string of the molecule is Cc1ccc(C2CCC(N)CC2)cn1. The number of rotatable bonds is 1. The second kappa shape index (κ2) is 4.09. The number of aryl methyl sites for hydroxylation is 1. The van der Waals surface area contributed by atoms with Gasteiger partial charge in [-0.15, -0.1) is 0 Å². The molecule has 2 heteroatoms. The second-order valence-electron chi connectivity index (χ2n) is 4.34. The lowest BCUT2D eigenvalue weighted by Gasteiger charge is -2.26. The van der Waals surface area contributed by atoms with Gasteiger partial charge < -0.3 is 5.73 Å². The van der Waals surface area contributed by atoms with Crippen molar-refractivity contribution in [1.29, 1.82) is 0 Å². The summed E-state index contributed by atoms with van der Waals surface area (Å²) in [6, 6.07) is 4.75. The lowest BCUT2D eigenvalue weighted by molar-refractivity contribution is 0.395. The zero-order valence-electron chi connectivity index (χ0n) is 8.74. The number of nitrogens with two attached hydrogens (primary N) is 1. The first kappa shape index (κ1) is 9.66. The van der Waals surface area contributed by atoms with Crippen LogP contribution in [0.5, 0.6) is 0 Å². The molecule has 1 saturated carbocycles. The molecule has 0 aliphatic heterocycles. The quantitative estimate of drug-likeness (QED) is 0.738. The van der Waals surface area contributed by atoms with E-state index in [4.69, 9.17) is 5.73 Å². The first-order valence-electron chi connectivity index (χ1n) is 5.44. The minimum Gasteiger partial charge on any atom is -0.328 e. The fourth-order valence-corrected chi connectivity index (χ4v) is 2.17. The Morgan fingerprint density at radius 2 is 1.93 bits per heavy atom. The van der Waals surface area contributed by atoms with Gasteiger partial charge in [-0.05, 0) is 50.2 Å². The van der Waals surface area contributed by atoms with Gasteiger partial charge in [0.05, 0.1) is 0 Å². The lowest BCUT2D eigenvalue weighted by Crippen LogP contribution is -2.25. The average molecular weight is 190 g/mol. The van der Waals surface area contributed by atoms with Gasteiger partial charge in [-0.25, -0.2) is 0 Å². The summed E-state index contributed by atoms with van der Waals surface area (Å²) in [7, 11) is 0. The summed E-state index contributed by atoms with van der Waals surface area (Å²) >= 11 is 0. The minimum absolute atomic E-state index is 0.435. The number of hydrogen-bond acceptors (Lipinski definition) is 2. The number of aromatic nitrogens is 1. The molecule has 76 valence electrons. The van der Waals surface area contributed by atoms with E-state index in [1.807, 2.05) is 13.1 Å². The van der Waals surface area contributed by atoms with Gasteiger partial charge in [0.2, 0.25) is 0 Å². The molecular weight excluding hydrogens is 172 g/mol. The third kappa shape index (κ3) is 2.13. The summed E-state index contributed by atoms with van der Waals surface area (Å²) < 4.78 is 0. The van der Waals surface area contributed by atoms with E-state index >= 15 is 0 Å². The molecule has 0 atom stereocenters. The van der Waals surface area contributed by atoms with Crippen LogP contribution in [0.3, 0.4) is 0 Å². The van der Waals surface area contributed by atoms with Gasteiger partial charge in [-0.1, -0.05) is 6.07 Å². The van der Waals surface area contributed by atoms with E-state index in [-0.39, 0.29) is 0 Å². The Kier molecular flexibility index (Phi) is 2.82. The fourth-order valence-electron chi connectivity index (χ4n) is 2.17. The molecule has 1 aromatic rings. The van der Waals surface area contributed by atoms with E-state index in [2.05, 4.69) is 17.1 Å². The smallest absolute Gasteiger partial charge is 0.0372 e. The Morgan fingerprint density at radius 1 is 1.21 bits per heavy atom. The molecule has 0 spiro atoms. The number of pyridine rings is 1. The van der Waals surface area contributed by atoms with Crippen molar-refractivity contribution in [3.8, 4) is 0 Å². The monoisotopic (exact) mass is 190 g/mol. The van der Waals surface area contributed by atoms with E-state index in [1.54, 1.807) is 0 Å². The zero-order valence-corrected chi connectivity index (χ0v) is 8.74. The van der Waals surface area contributed by atoms with Gasteiger partial charge >= 0.3 is 0 Å². The summed E-state index contributed by atoms with van der Waals surface area (Å²) in [5, 5.41) is 0. The first-order valence-corrected chi connectivity index (χ1v) is 5.44. The maximum absolute atomic E-state index is 5.88. The zero-order chi connectivity index (χ0) is 9.97. The molecule has 2 nitrogen and oxygen atoms in total. The van der Waals surface area contributed by atoms with Crippen LogP contribution < -0.4 is 5.73 Å². The van der Waals surface area contributed by atoms with Crippen LogP contribution in [-0.4, -0.2) is 11.0 Å². The molecule has 1 fully saturated rings. The molecule has 0 aromatic carbocycles. The number of hydrogen-bond donors (Lipinski definition) is 1. The van der Waals surface area contributed by atoms with Crippen LogP contribution in [0, 0.1) is 6.92 Å². The van der Waals surface area contributed by atoms with E-state index in [0.29, 0.717) is 12.0 Å². The standard InChI is InChI=1S/C12H18N2/c1-9-2-3-11(8-14-9)10-4-6-12(13)7-5-10/h2-3,8,10,12H,4-7,13H2,1H3. The summed E-state index contributed by atoms with van der Waals surface area (Å²) in [4.78, 5) is 4.34. The van der Waals surface area contributed by atoms with Crippen LogP contribution in [0.25, 0.3) is 0 Å². The molecule has 0 radical (unpaired) electrons. The molecule has 14 heavy (non-hydrogen) atoms. The summed E-state index contributed by atoms with van der Waals surface area (Å²) in [6.45, 7) is 2.03. The van der Waals surface area contributed by atoms with Gasteiger partial charge in [-0.2, -0.15) is 0 Å². The van der Waals surface area contributed by atoms with Crippen LogP contribution in [0.15, 0.2) is 18.3 Å². The van der Waals surface area contributed by atoms with Crippen molar-refractivity contribution in [3.63, 3.8) is 0 Å². The van der Waals surface area contributed by atoms with Crippen molar-refractivity contribution in [1.82, 2.24) is 4.98 Å². The van der Waals surface area contributed by atoms with Gasteiger partial charge in [0, 0.05) is 17.9 Å². The number of nitrogens with zero attached hydrogens (tertiary/aromatic N) is 1. The summed E-state index contributed by atoms with van der Waals surface area (Å²) in [6.07, 6.45) is 6.81. The maximum Gasteiger partial charge on any atom is 0.0372 e. The first-order chi connectivity index (χ1) is 6.75. The summed E-state index contributed by atoms with van der Waals surface area (Å²) in [5.74, 6) is 0.697. The fraction of sp³-hybridized carbons (Fsp3) is 0.583. The molecule has 0 amide bonds. The Morgan fingerprint density at radius 3 is 2.50 bits per heavy atom. The highest BCUT2D eigenvalue weighted by molar-refractivity contribution is 5.18. The van der Waals surface area contributed by atoms with Crippen molar-refractivity contribution < 1.29 is 0 Å². The van der Waals surface area contributed by atoms with Gasteiger partial charge in [-0.3, -0.25) is 4.98 Å². The Balaban J connectivity index is 2.05. The predicted molar refractivity (Wildman–Crippen MR) is 58.2 cm³/mol. The normalized spacial score (nSPS) is 27.6. The Labute approximate surface area is 85.5 Å². The van der Waals surface area contributed by atoms with Crippen molar-refractivity contribution in [3.05, 3.63) is 29.6 Å². The Bertz CT molecular complexity index is 284. The van der Waals surface area contributed by atoms with Gasteiger partial charge in [0.15, 0.2) is 0 Å². The van der Waals surface area contributed by atoms with E-state index < -0.39 is 0 Å². The maximum atomic E-state index is 5.88. The second-order valence-corrected chi connectivity index (χ2v) is 4.34. The van der Waals surface area contributed by atoms with Crippen LogP contribution in [0.4, 0.5) is 0 Å². The molecule has 2 rings (SSSR count). The molecule has 0 saturated heterocycles.